The van der Waals surface area contributed by atoms with Crippen LogP contribution < -0.4 is 27.4 Å². The van der Waals surface area contributed by atoms with Crippen molar-refractivity contribution in [3.63, 3.8) is 0 Å². The molecule has 9 N–H and O–H groups in total. The number of hydrogen-bond acceptors (Lipinski definition) is 7. The number of aliphatic carboxylic acids is 2. The lowest BCUT2D eigenvalue weighted by Crippen LogP contribution is -2.54. The van der Waals surface area contributed by atoms with Gasteiger partial charge in [-0.15, -0.1) is 0 Å². The van der Waals surface area contributed by atoms with Gasteiger partial charge in [-0.1, -0.05) is 30.3 Å². The van der Waals surface area contributed by atoms with E-state index in [0.717, 1.165) is 0 Å². The van der Waals surface area contributed by atoms with E-state index in [0.29, 0.717) is 5.56 Å². The number of benzene rings is 1. The third-order valence-electron chi connectivity index (χ3n) is 4.38. The van der Waals surface area contributed by atoms with E-state index in [1.165, 1.54) is 0 Å². The van der Waals surface area contributed by atoms with Gasteiger partial charge in [0.25, 0.3) is 0 Å². The minimum absolute atomic E-state index is 0.0324. The molecule has 13 heteroatoms. The molecule has 0 aliphatic rings. The largest absolute Gasteiger partial charge is 0.481 e. The molecule has 3 unspecified atom stereocenters. The highest BCUT2D eigenvalue weighted by Crippen LogP contribution is 2.05. The number of nitrogens with two attached hydrogens (primary N) is 2. The summed E-state index contributed by atoms with van der Waals surface area (Å²) in [6.07, 6.45) is -1.27. The summed E-state index contributed by atoms with van der Waals surface area (Å²) in [7, 11) is 0. The first-order valence-electron chi connectivity index (χ1n) is 9.89. The normalized spacial score (nSPS) is 13.1. The van der Waals surface area contributed by atoms with Gasteiger partial charge in [0.15, 0.2) is 0 Å². The van der Waals surface area contributed by atoms with Crippen molar-refractivity contribution < 1.29 is 39.0 Å². The van der Waals surface area contributed by atoms with E-state index >= 15 is 0 Å². The third-order valence-corrected chi connectivity index (χ3v) is 4.38. The highest BCUT2D eigenvalue weighted by molar-refractivity contribution is 5.93. The number of nitrogens with one attached hydrogen (secondary N) is 3. The van der Waals surface area contributed by atoms with E-state index in [-0.39, 0.29) is 12.8 Å². The maximum Gasteiger partial charge on any atom is 0.326 e. The van der Waals surface area contributed by atoms with Crippen molar-refractivity contribution in [3.05, 3.63) is 35.9 Å². The maximum atomic E-state index is 12.6. The lowest BCUT2D eigenvalue weighted by atomic mass is 10.0. The number of carbonyl (C=O) groups excluding carboxylic acids is 4. The van der Waals surface area contributed by atoms with E-state index in [2.05, 4.69) is 16.0 Å². The molecular weight excluding hydrogens is 438 g/mol. The number of carboxylic acids is 2. The zero-order valence-electron chi connectivity index (χ0n) is 17.7. The first kappa shape index (κ1) is 27.0. The molecule has 0 bridgehead atoms. The zero-order valence-corrected chi connectivity index (χ0v) is 17.7. The average Bonchev–Trinajstić information content (AvgIpc) is 2.74. The predicted octanol–water partition coefficient (Wildman–Crippen LogP) is -2.53. The van der Waals surface area contributed by atoms with Gasteiger partial charge in [-0.2, -0.15) is 0 Å². The second kappa shape index (κ2) is 13.4. The smallest absolute Gasteiger partial charge is 0.326 e. The van der Waals surface area contributed by atoms with Crippen LogP contribution in [-0.4, -0.2) is 70.5 Å². The SMILES string of the molecule is NC(=O)CC(N)C(=O)NCC(=O)NC(CCC(=O)O)C(=O)NC(Cc1ccccc1)C(=O)O. The summed E-state index contributed by atoms with van der Waals surface area (Å²) in [6.45, 7) is -0.617. The van der Waals surface area contributed by atoms with E-state index in [1.54, 1.807) is 30.3 Å². The minimum Gasteiger partial charge on any atom is -0.481 e. The van der Waals surface area contributed by atoms with Gasteiger partial charge in [0, 0.05) is 12.8 Å². The van der Waals surface area contributed by atoms with Gasteiger partial charge in [-0.25, -0.2) is 4.79 Å². The average molecular weight is 465 g/mol. The van der Waals surface area contributed by atoms with Gasteiger partial charge >= 0.3 is 11.9 Å². The van der Waals surface area contributed by atoms with Crippen LogP contribution in [0.5, 0.6) is 0 Å². The number of amides is 4. The van der Waals surface area contributed by atoms with Gasteiger partial charge in [0.1, 0.15) is 12.1 Å². The van der Waals surface area contributed by atoms with Crippen molar-refractivity contribution in [1.82, 2.24) is 16.0 Å². The Bertz CT molecular complexity index is 876. The van der Waals surface area contributed by atoms with Crippen molar-refractivity contribution in [3.8, 4) is 0 Å². The summed E-state index contributed by atoms with van der Waals surface area (Å²) in [5.74, 6) is -5.93. The minimum atomic E-state index is -1.37. The van der Waals surface area contributed by atoms with Crippen LogP contribution >= 0.6 is 0 Å². The molecule has 0 radical (unpaired) electrons. The van der Waals surface area contributed by atoms with Crippen LogP contribution in [0, 0.1) is 0 Å². The molecule has 0 aromatic heterocycles. The topological polar surface area (TPSA) is 231 Å². The van der Waals surface area contributed by atoms with Crippen molar-refractivity contribution in [1.29, 1.82) is 0 Å². The Morgan fingerprint density at radius 3 is 2.09 bits per heavy atom. The Labute approximate surface area is 188 Å². The second-order valence-electron chi connectivity index (χ2n) is 7.14. The summed E-state index contributed by atoms with van der Waals surface area (Å²) in [4.78, 5) is 69.8. The van der Waals surface area contributed by atoms with Gasteiger partial charge in [-0.05, 0) is 12.0 Å². The molecule has 0 aliphatic carbocycles. The number of primary amides is 1. The Balaban J connectivity index is 2.77. The quantitative estimate of drug-likeness (QED) is 0.153. The van der Waals surface area contributed by atoms with Crippen LogP contribution in [0.15, 0.2) is 30.3 Å². The van der Waals surface area contributed by atoms with Crippen molar-refractivity contribution in [2.45, 2.75) is 43.8 Å². The lowest BCUT2D eigenvalue weighted by molar-refractivity contribution is -0.143. The van der Waals surface area contributed by atoms with Crippen LogP contribution in [-0.2, 0) is 35.2 Å². The van der Waals surface area contributed by atoms with Crippen molar-refractivity contribution >= 4 is 35.6 Å². The highest BCUT2D eigenvalue weighted by atomic mass is 16.4. The summed E-state index contributed by atoms with van der Waals surface area (Å²) < 4.78 is 0. The molecule has 33 heavy (non-hydrogen) atoms. The fourth-order valence-electron chi connectivity index (χ4n) is 2.71. The monoisotopic (exact) mass is 465 g/mol. The molecule has 180 valence electrons. The Kier molecular flexibility index (Phi) is 11.0. The summed E-state index contributed by atoms with van der Waals surface area (Å²) in [6, 6.07) is 4.54. The molecule has 0 aliphatic heterocycles. The van der Waals surface area contributed by atoms with Crippen LogP contribution in [0.25, 0.3) is 0 Å². The number of carboxylic acid groups (broad SMARTS) is 2. The molecule has 0 saturated heterocycles. The molecule has 13 nitrogen and oxygen atoms in total. The van der Waals surface area contributed by atoms with Crippen LogP contribution in [0.3, 0.4) is 0 Å². The van der Waals surface area contributed by atoms with Gasteiger partial charge in [-0.3, -0.25) is 24.0 Å². The highest BCUT2D eigenvalue weighted by Gasteiger charge is 2.27. The molecular formula is C20H27N5O8. The van der Waals surface area contributed by atoms with Gasteiger partial charge in [0.05, 0.1) is 19.0 Å². The second-order valence-corrected chi connectivity index (χ2v) is 7.14. The van der Waals surface area contributed by atoms with Crippen LogP contribution in [0.4, 0.5) is 0 Å². The molecule has 1 aromatic carbocycles. The summed E-state index contributed by atoms with van der Waals surface area (Å²) in [5.41, 5.74) is 11.0. The molecule has 1 aromatic rings. The number of rotatable bonds is 14. The molecule has 3 atom stereocenters. The summed E-state index contributed by atoms with van der Waals surface area (Å²) in [5, 5.41) is 25.1. The van der Waals surface area contributed by atoms with Gasteiger partial charge in [0.2, 0.25) is 23.6 Å². The standard InChI is InChI=1S/C20H27N5O8/c21-12(9-15(22)26)18(30)23-10-16(27)24-13(6-7-17(28)29)19(31)25-14(20(32)33)8-11-4-2-1-3-5-11/h1-5,12-14H,6-10,21H2,(H2,22,26)(H,23,30)(H,24,27)(H,25,31)(H,28,29)(H,32,33). The lowest BCUT2D eigenvalue weighted by Gasteiger charge is -2.21. The number of hydrogen-bond donors (Lipinski definition) is 7. The molecule has 0 heterocycles. The zero-order chi connectivity index (χ0) is 25.0. The first-order valence-corrected chi connectivity index (χ1v) is 9.89. The Hall–Kier alpha value is -4.00. The molecule has 0 spiro atoms. The molecule has 1 rings (SSSR count). The van der Waals surface area contributed by atoms with E-state index < -0.39 is 73.1 Å². The molecule has 4 amide bonds. The first-order chi connectivity index (χ1) is 15.5. The maximum absolute atomic E-state index is 12.6. The Morgan fingerprint density at radius 2 is 1.55 bits per heavy atom. The fourth-order valence-corrected chi connectivity index (χ4v) is 2.71. The Morgan fingerprint density at radius 1 is 0.909 bits per heavy atom. The van der Waals surface area contributed by atoms with E-state index in [1.807, 2.05) is 0 Å². The van der Waals surface area contributed by atoms with Crippen LogP contribution in [0.1, 0.15) is 24.8 Å². The fraction of sp³-hybridized carbons (Fsp3) is 0.400. The van der Waals surface area contributed by atoms with Crippen molar-refractivity contribution in [2.24, 2.45) is 11.5 Å². The van der Waals surface area contributed by atoms with Crippen LogP contribution in [0.2, 0.25) is 0 Å². The predicted molar refractivity (Wildman–Crippen MR) is 113 cm³/mol. The molecule has 0 fully saturated rings. The molecule has 0 saturated carbocycles. The van der Waals surface area contributed by atoms with E-state index in [4.69, 9.17) is 16.6 Å². The van der Waals surface area contributed by atoms with E-state index in [9.17, 15) is 33.9 Å². The third kappa shape index (κ3) is 10.7. The van der Waals surface area contributed by atoms with Crippen molar-refractivity contribution in [2.75, 3.05) is 6.54 Å². The number of carbonyl (C=O) groups is 6. The summed E-state index contributed by atoms with van der Waals surface area (Å²) >= 11 is 0. The van der Waals surface area contributed by atoms with Gasteiger partial charge < -0.3 is 37.6 Å².